The number of benzene rings is 2. The lowest BCUT2D eigenvalue weighted by molar-refractivity contribution is -0.120. The van der Waals surface area contributed by atoms with Gasteiger partial charge >= 0.3 is 0 Å². The molecule has 1 amide bonds. The van der Waals surface area contributed by atoms with Crippen molar-refractivity contribution in [3.63, 3.8) is 0 Å². The summed E-state index contributed by atoms with van der Waals surface area (Å²) in [6, 6.07) is 13.3. The Bertz CT molecular complexity index is 1030. The molecule has 0 radical (unpaired) electrons. The molecule has 1 aliphatic heterocycles. The standard InChI is InChI=1S/C19H18BrN5O3S/c20-14-4-2-13(3-5-14)18-23-24-19(25(18)21)29-8-7-17(26)22-10-12-1-6-15-16(9-12)28-11-27-15/h1-6,9H,7-8,10-11,21H2,(H,22,26). The zero-order valence-corrected chi connectivity index (χ0v) is 17.7. The van der Waals surface area contributed by atoms with Crippen LogP contribution in [0.25, 0.3) is 11.4 Å². The van der Waals surface area contributed by atoms with Gasteiger partial charge in [0.2, 0.25) is 17.9 Å². The number of ether oxygens (including phenoxy) is 2. The van der Waals surface area contributed by atoms with Crippen molar-refractivity contribution in [2.24, 2.45) is 0 Å². The van der Waals surface area contributed by atoms with Crippen molar-refractivity contribution in [2.75, 3.05) is 18.4 Å². The Balaban J connectivity index is 1.26. The summed E-state index contributed by atoms with van der Waals surface area (Å²) < 4.78 is 13.0. The Morgan fingerprint density at radius 1 is 1.17 bits per heavy atom. The zero-order valence-electron chi connectivity index (χ0n) is 15.3. The van der Waals surface area contributed by atoms with Crippen LogP contribution in [0.15, 0.2) is 52.1 Å². The fourth-order valence-electron chi connectivity index (χ4n) is 2.75. The molecule has 0 bridgehead atoms. The fourth-order valence-corrected chi connectivity index (χ4v) is 3.80. The lowest BCUT2D eigenvalue weighted by Gasteiger charge is -2.06. The van der Waals surface area contributed by atoms with Crippen LogP contribution in [-0.4, -0.2) is 33.3 Å². The second-order valence-corrected chi connectivity index (χ2v) is 8.22. The molecule has 0 spiro atoms. The van der Waals surface area contributed by atoms with Gasteiger partial charge in [0.05, 0.1) is 0 Å². The Hall–Kier alpha value is -2.72. The largest absolute Gasteiger partial charge is 0.454 e. The van der Waals surface area contributed by atoms with Crippen LogP contribution in [0.3, 0.4) is 0 Å². The van der Waals surface area contributed by atoms with E-state index in [1.807, 2.05) is 42.5 Å². The van der Waals surface area contributed by atoms with Gasteiger partial charge in [-0.05, 0) is 29.8 Å². The number of nitrogens with zero attached hydrogens (tertiary/aromatic N) is 3. The number of carbonyl (C=O) groups is 1. The topological polar surface area (TPSA) is 104 Å². The number of halogens is 1. The normalized spacial score (nSPS) is 12.2. The van der Waals surface area contributed by atoms with E-state index >= 15 is 0 Å². The van der Waals surface area contributed by atoms with Crippen molar-refractivity contribution >= 4 is 33.6 Å². The number of nitrogens with two attached hydrogens (primary N) is 1. The molecule has 2 aromatic carbocycles. The third-order valence-electron chi connectivity index (χ3n) is 4.25. The van der Waals surface area contributed by atoms with Gasteiger partial charge in [0, 0.05) is 28.8 Å². The molecule has 1 aliphatic rings. The average Bonchev–Trinajstić information content (AvgIpc) is 3.33. The molecule has 150 valence electrons. The summed E-state index contributed by atoms with van der Waals surface area (Å²) >= 11 is 4.79. The van der Waals surface area contributed by atoms with E-state index in [9.17, 15) is 4.79 Å². The molecule has 0 atom stereocenters. The first kappa shape index (κ1) is 19.6. The number of hydrogen-bond donors (Lipinski definition) is 2. The van der Waals surface area contributed by atoms with Crippen LogP contribution in [-0.2, 0) is 11.3 Å². The van der Waals surface area contributed by atoms with Gasteiger partial charge in [-0.25, -0.2) is 4.68 Å². The second kappa shape index (κ2) is 8.75. The van der Waals surface area contributed by atoms with Gasteiger partial charge in [0.15, 0.2) is 17.3 Å². The molecule has 29 heavy (non-hydrogen) atoms. The number of rotatable bonds is 7. The van der Waals surface area contributed by atoms with E-state index < -0.39 is 0 Å². The quantitative estimate of drug-likeness (QED) is 0.399. The summed E-state index contributed by atoms with van der Waals surface area (Å²) in [6.45, 7) is 0.665. The number of aromatic nitrogens is 3. The first-order valence-corrected chi connectivity index (χ1v) is 10.6. The lowest BCUT2D eigenvalue weighted by Crippen LogP contribution is -2.23. The number of nitrogen functional groups attached to an aromatic ring is 1. The minimum Gasteiger partial charge on any atom is -0.454 e. The van der Waals surface area contributed by atoms with Crippen molar-refractivity contribution in [1.82, 2.24) is 20.2 Å². The molecule has 0 saturated heterocycles. The fraction of sp³-hybridized carbons (Fsp3) is 0.211. The highest BCUT2D eigenvalue weighted by molar-refractivity contribution is 9.10. The Morgan fingerprint density at radius 2 is 1.97 bits per heavy atom. The molecule has 8 nitrogen and oxygen atoms in total. The van der Waals surface area contributed by atoms with Crippen molar-refractivity contribution in [1.29, 1.82) is 0 Å². The summed E-state index contributed by atoms with van der Waals surface area (Å²) in [5, 5.41) is 11.7. The highest BCUT2D eigenvalue weighted by Gasteiger charge is 2.14. The Morgan fingerprint density at radius 3 is 2.79 bits per heavy atom. The molecule has 0 fully saturated rings. The molecule has 2 heterocycles. The number of thioether (sulfide) groups is 1. The monoisotopic (exact) mass is 475 g/mol. The van der Waals surface area contributed by atoms with Crippen LogP contribution in [0.4, 0.5) is 0 Å². The van der Waals surface area contributed by atoms with Crippen LogP contribution >= 0.6 is 27.7 Å². The van der Waals surface area contributed by atoms with Crippen molar-refractivity contribution in [3.05, 3.63) is 52.5 Å². The number of nitrogens with one attached hydrogen (secondary N) is 1. The highest BCUT2D eigenvalue weighted by atomic mass is 79.9. The predicted molar refractivity (Wildman–Crippen MR) is 113 cm³/mol. The Labute approximate surface area is 179 Å². The predicted octanol–water partition coefficient (Wildman–Crippen LogP) is 2.95. The average molecular weight is 476 g/mol. The lowest BCUT2D eigenvalue weighted by atomic mass is 10.2. The van der Waals surface area contributed by atoms with Gasteiger partial charge < -0.3 is 20.6 Å². The van der Waals surface area contributed by atoms with Crippen LogP contribution in [0.2, 0.25) is 0 Å². The van der Waals surface area contributed by atoms with Gasteiger partial charge in [-0.1, -0.05) is 45.9 Å². The first-order chi connectivity index (χ1) is 14.1. The van der Waals surface area contributed by atoms with Crippen molar-refractivity contribution in [3.8, 4) is 22.9 Å². The third kappa shape index (κ3) is 4.65. The molecule has 1 aromatic heterocycles. The molecule has 3 N–H and O–H groups in total. The summed E-state index contributed by atoms with van der Waals surface area (Å²) in [5.74, 6) is 8.61. The summed E-state index contributed by atoms with van der Waals surface area (Å²) in [4.78, 5) is 12.1. The molecule has 10 heteroatoms. The molecule has 0 saturated carbocycles. The number of fused-ring (bicyclic) bond motifs is 1. The number of amides is 1. The van der Waals surface area contributed by atoms with E-state index in [4.69, 9.17) is 15.3 Å². The highest BCUT2D eigenvalue weighted by Crippen LogP contribution is 2.32. The number of hydrogen-bond acceptors (Lipinski definition) is 7. The molecule has 0 unspecified atom stereocenters. The molecular weight excluding hydrogens is 458 g/mol. The molecule has 3 aromatic rings. The summed E-state index contributed by atoms with van der Waals surface area (Å²) in [5.41, 5.74) is 1.83. The van der Waals surface area contributed by atoms with E-state index in [0.29, 0.717) is 35.4 Å². The van der Waals surface area contributed by atoms with E-state index in [0.717, 1.165) is 21.3 Å². The minimum absolute atomic E-state index is 0.0496. The van der Waals surface area contributed by atoms with Gasteiger partial charge in [-0.3, -0.25) is 4.79 Å². The van der Waals surface area contributed by atoms with Gasteiger partial charge in [0.1, 0.15) is 0 Å². The zero-order chi connectivity index (χ0) is 20.2. The number of carbonyl (C=O) groups excluding carboxylic acids is 1. The third-order valence-corrected chi connectivity index (χ3v) is 5.73. The van der Waals surface area contributed by atoms with Gasteiger partial charge in [-0.2, -0.15) is 0 Å². The minimum atomic E-state index is -0.0496. The van der Waals surface area contributed by atoms with E-state index in [-0.39, 0.29) is 12.7 Å². The van der Waals surface area contributed by atoms with Crippen molar-refractivity contribution < 1.29 is 14.3 Å². The first-order valence-electron chi connectivity index (χ1n) is 8.84. The van der Waals surface area contributed by atoms with Crippen LogP contribution in [0.1, 0.15) is 12.0 Å². The maximum atomic E-state index is 12.1. The van der Waals surface area contributed by atoms with Crippen LogP contribution < -0.4 is 20.6 Å². The maximum absolute atomic E-state index is 12.1. The maximum Gasteiger partial charge on any atom is 0.231 e. The molecule has 4 rings (SSSR count). The van der Waals surface area contributed by atoms with Crippen LogP contribution in [0.5, 0.6) is 11.5 Å². The Kier molecular flexibility index (Phi) is 5.91. The van der Waals surface area contributed by atoms with E-state index in [1.54, 1.807) is 0 Å². The van der Waals surface area contributed by atoms with Gasteiger partial charge in [-0.15, -0.1) is 10.2 Å². The SMILES string of the molecule is Nn1c(SCCC(=O)NCc2ccc3c(c2)OCO3)nnc1-c1ccc(Br)cc1. The van der Waals surface area contributed by atoms with Crippen molar-refractivity contribution in [2.45, 2.75) is 18.1 Å². The molecule has 0 aliphatic carbocycles. The summed E-state index contributed by atoms with van der Waals surface area (Å²) in [6.07, 6.45) is 0.343. The summed E-state index contributed by atoms with van der Waals surface area (Å²) in [7, 11) is 0. The molecular formula is C19H18BrN5O3S. The van der Waals surface area contributed by atoms with Crippen LogP contribution in [0, 0.1) is 0 Å². The smallest absolute Gasteiger partial charge is 0.231 e. The van der Waals surface area contributed by atoms with Gasteiger partial charge in [0.25, 0.3) is 0 Å². The van der Waals surface area contributed by atoms with E-state index in [2.05, 4.69) is 31.4 Å². The second-order valence-electron chi connectivity index (χ2n) is 6.25. The van der Waals surface area contributed by atoms with E-state index in [1.165, 1.54) is 16.4 Å².